The molecule has 0 amide bonds. The molecular weight excluding hydrogens is 574 g/mol. The zero-order valence-corrected chi connectivity index (χ0v) is 25.5. The molecule has 2 aromatic rings. The lowest BCUT2D eigenvalue weighted by atomic mass is 10.1. The Morgan fingerprint density at radius 1 is 1.07 bits per heavy atom. The average Bonchev–Trinajstić information content (AvgIpc) is 2.96. The highest BCUT2D eigenvalue weighted by atomic mass is 32.2. The number of hydrogen-bond donors (Lipinski definition) is 3. The molecule has 1 aliphatic rings. The number of carbonyl (C=O) groups excluding carboxylic acids is 2. The minimum absolute atomic E-state index is 0.0259. The van der Waals surface area contributed by atoms with Crippen LogP contribution in [0.15, 0.2) is 48.5 Å². The van der Waals surface area contributed by atoms with Crippen molar-refractivity contribution in [2.75, 3.05) is 42.9 Å². The van der Waals surface area contributed by atoms with Crippen LogP contribution in [0.1, 0.15) is 55.1 Å². The van der Waals surface area contributed by atoms with Gasteiger partial charge in [0.05, 0.1) is 31.3 Å². The number of piperidine rings is 1. The van der Waals surface area contributed by atoms with Gasteiger partial charge in [0.1, 0.15) is 23.3 Å². The Bertz CT molecular complexity index is 1470. The Labute approximate surface area is 252 Å². The van der Waals surface area contributed by atoms with Crippen LogP contribution in [-0.2, 0) is 24.3 Å². The van der Waals surface area contributed by atoms with Crippen LogP contribution in [0.5, 0.6) is 5.75 Å². The van der Waals surface area contributed by atoms with E-state index < -0.39 is 27.7 Å². The van der Waals surface area contributed by atoms with E-state index in [2.05, 4.69) is 0 Å². The van der Waals surface area contributed by atoms with E-state index in [4.69, 9.17) is 30.8 Å². The second kappa shape index (κ2) is 15.2. The first-order valence-electron chi connectivity index (χ1n) is 14.0. The van der Waals surface area contributed by atoms with Gasteiger partial charge in [-0.2, -0.15) is 0 Å². The Balaban J connectivity index is 1.96. The standard InChI is InChI=1S/C30H39N5O7S/c1-4-40-28(36)20-43(38,39)35(15-7-9-22-8-6-10-23(18-22)29(32)33)24-11-12-27(26(19-24)30(37)41-5-2)42-25-13-16-34(17-14-25)21(3)31/h6-12,18-19,25,31H,4-5,13-17,20H2,1-3H3,(H3,32,33). The summed E-state index contributed by atoms with van der Waals surface area (Å²) < 4.78 is 44.3. The van der Waals surface area contributed by atoms with Crippen LogP contribution >= 0.6 is 0 Å². The van der Waals surface area contributed by atoms with E-state index in [0.717, 1.165) is 4.31 Å². The van der Waals surface area contributed by atoms with Crippen LogP contribution in [-0.4, -0.2) is 81.6 Å². The summed E-state index contributed by atoms with van der Waals surface area (Å²) in [5, 5.41) is 15.5. The maximum Gasteiger partial charge on any atom is 0.341 e. The third-order valence-electron chi connectivity index (χ3n) is 6.68. The van der Waals surface area contributed by atoms with Gasteiger partial charge in [-0.1, -0.05) is 30.4 Å². The summed E-state index contributed by atoms with van der Waals surface area (Å²) in [6.07, 6.45) is 4.36. The summed E-state index contributed by atoms with van der Waals surface area (Å²) in [7, 11) is -4.25. The van der Waals surface area contributed by atoms with Gasteiger partial charge >= 0.3 is 11.9 Å². The minimum atomic E-state index is -4.25. The molecule has 0 aliphatic carbocycles. The first-order chi connectivity index (χ1) is 20.4. The third kappa shape index (κ3) is 9.30. The number of nitrogens with zero attached hydrogens (tertiary/aromatic N) is 2. The number of ether oxygens (including phenoxy) is 3. The zero-order chi connectivity index (χ0) is 31.6. The van der Waals surface area contributed by atoms with Crippen molar-refractivity contribution in [3.05, 3.63) is 65.2 Å². The molecule has 12 nitrogen and oxygen atoms in total. The molecule has 3 rings (SSSR count). The molecule has 232 valence electrons. The SMILES string of the molecule is CCOC(=O)CS(=O)(=O)N(CC=Cc1cccc(C(=N)N)c1)c1ccc(OC2CCN(C(C)=N)CC2)c(C(=O)OCC)c1. The van der Waals surface area contributed by atoms with Crippen molar-refractivity contribution >= 4 is 45.4 Å². The summed E-state index contributed by atoms with van der Waals surface area (Å²) in [6.45, 7) is 6.24. The molecule has 1 fully saturated rings. The zero-order valence-electron chi connectivity index (χ0n) is 24.7. The Morgan fingerprint density at radius 2 is 1.77 bits per heavy atom. The molecule has 13 heteroatoms. The quantitative estimate of drug-likeness (QED) is 0.174. The predicted molar refractivity (Wildman–Crippen MR) is 165 cm³/mol. The highest BCUT2D eigenvalue weighted by Gasteiger charge is 2.29. The van der Waals surface area contributed by atoms with E-state index in [0.29, 0.717) is 42.9 Å². The van der Waals surface area contributed by atoms with Crippen LogP contribution < -0.4 is 14.8 Å². The second-order valence-electron chi connectivity index (χ2n) is 9.82. The molecule has 1 heterocycles. The number of rotatable bonds is 13. The minimum Gasteiger partial charge on any atom is -0.489 e. The number of anilines is 1. The van der Waals surface area contributed by atoms with Gasteiger partial charge < -0.3 is 24.8 Å². The largest absolute Gasteiger partial charge is 0.489 e. The molecule has 0 radical (unpaired) electrons. The summed E-state index contributed by atoms with van der Waals surface area (Å²) in [5.74, 6) is -1.83. The molecular formula is C30H39N5O7S. The van der Waals surface area contributed by atoms with Crippen molar-refractivity contribution in [3.63, 3.8) is 0 Å². The van der Waals surface area contributed by atoms with Crippen molar-refractivity contribution in [1.82, 2.24) is 4.90 Å². The number of likely N-dealkylation sites (tertiary alicyclic amines) is 1. The predicted octanol–water partition coefficient (Wildman–Crippen LogP) is 3.40. The molecule has 2 aromatic carbocycles. The van der Waals surface area contributed by atoms with Gasteiger partial charge in [0, 0.05) is 31.5 Å². The Morgan fingerprint density at radius 3 is 2.40 bits per heavy atom. The van der Waals surface area contributed by atoms with Gasteiger partial charge in [0.2, 0.25) is 10.0 Å². The molecule has 0 spiro atoms. The van der Waals surface area contributed by atoms with Crippen molar-refractivity contribution in [2.45, 2.75) is 39.7 Å². The normalized spacial score (nSPS) is 13.9. The van der Waals surface area contributed by atoms with E-state index in [9.17, 15) is 18.0 Å². The third-order valence-corrected chi connectivity index (χ3v) is 8.31. The Hall–Kier alpha value is -4.39. The lowest BCUT2D eigenvalue weighted by Gasteiger charge is -2.33. The lowest BCUT2D eigenvalue weighted by Crippen LogP contribution is -2.40. The van der Waals surface area contributed by atoms with Gasteiger partial charge in [-0.25, -0.2) is 13.2 Å². The highest BCUT2D eigenvalue weighted by Crippen LogP contribution is 2.30. The van der Waals surface area contributed by atoms with Gasteiger partial charge in [0.15, 0.2) is 5.75 Å². The van der Waals surface area contributed by atoms with E-state index in [1.807, 2.05) is 4.90 Å². The molecule has 0 saturated carbocycles. The number of nitrogens with two attached hydrogens (primary N) is 1. The first-order valence-corrected chi connectivity index (χ1v) is 15.6. The molecule has 0 bridgehead atoms. The van der Waals surface area contributed by atoms with Crippen LogP contribution in [0, 0.1) is 10.8 Å². The summed E-state index contributed by atoms with van der Waals surface area (Å²) in [4.78, 5) is 27.2. The monoisotopic (exact) mass is 613 g/mol. The fourth-order valence-electron chi connectivity index (χ4n) is 4.54. The maximum atomic E-state index is 13.5. The maximum absolute atomic E-state index is 13.5. The number of carbonyl (C=O) groups is 2. The van der Waals surface area contributed by atoms with Crippen LogP contribution in [0.3, 0.4) is 0 Å². The number of nitrogens with one attached hydrogen (secondary N) is 2. The van der Waals surface area contributed by atoms with E-state index in [-0.39, 0.29) is 48.7 Å². The highest BCUT2D eigenvalue weighted by molar-refractivity contribution is 7.93. The molecule has 1 aliphatic heterocycles. The van der Waals surface area contributed by atoms with Crippen molar-refractivity contribution in [1.29, 1.82) is 10.8 Å². The number of nitrogen functional groups attached to an aromatic ring is 1. The van der Waals surface area contributed by atoms with Crippen molar-refractivity contribution in [2.24, 2.45) is 5.73 Å². The van der Waals surface area contributed by atoms with Crippen LogP contribution in [0.2, 0.25) is 0 Å². The number of hydrogen-bond acceptors (Lipinski definition) is 9. The second-order valence-corrected chi connectivity index (χ2v) is 11.7. The molecule has 0 atom stereocenters. The van der Waals surface area contributed by atoms with Crippen molar-refractivity contribution < 1.29 is 32.2 Å². The number of amidine groups is 2. The molecule has 0 unspecified atom stereocenters. The van der Waals surface area contributed by atoms with Crippen molar-refractivity contribution in [3.8, 4) is 5.75 Å². The fourth-order valence-corrected chi connectivity index (χ4v) is 5.82. The fraction of sp³-hybridized carbons (Fsp3) is 0.400. The number of benzene rings is 2. The molecule has 4 N–H and O–H groups in total. The van der Waals surface area contributed by atoms with E-state index in [1.165, 1.54) is 18.2 Å². The topological polar surface area (TPSA) is 176 Å². The summed E-state index contributed by atoms with van der Waals surface area (Å²) in [5.41, 5.74) is 6.98. The average molecular weight is 614 g/mol. The van der Waals surface area contributed by atoms with Gasteiger partial charge in [-0.3, -0.25) is 19.9 Å². The number of sulfonamides is 1. The van der Waals surface area contributed by atoms with E-state index in [1.54, 1.807) is 57.2 Å². The summed E-state index contributed by atoms with van der Waals surface area (Å²) in [6, 6.07) is 11.3. The van der Waals surface area contributed by atoms with Gasteiger partial charge in [-0.05, 0) is 50.6 Å². The van der Waals surface area contributed by atoms with Gasteiger partial charge in [-0.15, -0.1) is 0 Å². The van der Waals surface area contributed by atoms with E-state index >= 15 is 0 Å². The van der Waals surface area contributed by atoms with Gasteiger partial charge in [0.25, 0.3) is 0 Å². The smallest absolute Gasteiger partial charge is 0.341 e. The van der Waals surface area contributed by atoms with Crippen LogP contribution in [0.25, 0.3) is 6.08 Å². The Kier molecular flexibility index (Phi) is 11.7. The summed E-state index contributed by atoms with van der Waals surface area (Å²) >= 11 is 0. The molecule has 0 aromatic heterocycles. The number of esters is 2. The molecule has 43 heavy (non-hydrogen) atoms. The van der Waals surface area contributed by atoms with Crippen LogP contribution in [0.4, 0.5) is 5.69 Å². The lowest BCUT2D eigenvalue weighted by molar-refractivity contribution is -0.139. The molecule has 1 saturated heterocycles. The first kappa shape index (κ1) is 33.1.